The number of nitrogens with zero attached hydrogens (tertiary/aromatic N) is 2. The normalized spacial score (nSPS) is 25.7. The summed E-state index contributed by atoms with van der Waals surface area (Å²) in [7, 11) is 0. The minimum atomic E-state index is -0.851. The largest absolute Gasteiger partial charge is 0.461 e. The number of fused-ring (bicyclic) bond motifs is 5. The minimum Gasteiger partial charge on any atom is -0.461 e. The molecular formula is C25H17ClN2O4. The Hall–Kier alpha value is -3.64. The molecule has 1 aromatic heterocycles. The van der Waals surface area contributed by atoms with E-state index in [0.29, 0.717) is 10.7 Å². The average Bonchev–Trinajstić information content (AvgIpc) is 3.51. The fraction of sp³-hybridized carbons (Fsp3) is 0.160. The van der Waals surface area contributed by atoms with Crippen LogP contribution in [0.15, 0.2) is 77.4 Å². The summed E-state index contributed by atoms with van der Waals surface area (Å²) in [4.78, 5) is 44.0. The van der Waals surface area contributed by atoms with E-state index in [1.807, 2.05) is 41.3 Å². The molecule has 2 fully saturated rings. The van der Waals surface area contributed by atoms with Gasteiger partial charge in [0.15, 0.2) is 5.76 Å². The van der Waals surface area contributed by atoms with E-state index in [0.717, 1.165) is 11.3 Å². The van der Waals surface area contributed by atoms with Gasteiger partial charge in [0, 0.05) is 10.7 Å². The van der Waals surface area contributed by atoms with E-state index in [2.05, 4.69) is 0 Å². The van der Waals surface area contributed by atoms with Gasteiger partial charge in [0.2, 0.25) is 17.6 Å². The zero-order valence-electron chi connectivity index (χ0n) is 16.7. The molecule has 0 unspecified atom stereocenters. The predicted molar refractivity (Wildman–Crippen MR) is 119 cm³/mol. The van der Waals surface area contributed by atoms with E-state index in [4.69, 9.17) is 16.0 Å². The molecule has 2 saturated heterocycles. The highest BCUT2D eigenvalue weighted by Crippen LogP contribution is 2.49. The van der Waals surface area contributed by atoms with E-state index in [9.17, 15) is 14.4 Å². The maximum absolute atomic E-state index is 13.7. The van der Waals surface area contributed by atoms with E-state index in [1.54, 1.807) is 36.4 Å². The first-order valence-corrected chi connectivity index (χ1v) is 10.7. The maximum atomic E-state index is 13.7. The fourth-order valence-electron chi connectivity index (χ4n) is 5.22. The van der Waals surface area contributed by atoms with E-state index >= 15 is 0 Å². The van der Waals surface area contributed by atoms with Gasteiger partial charge in [-0.2, -0.15) is 0 Å². The third-order valence-corrected chi connectivity index (χ3v) is 6.78. The molecule has 0 aliphatic carbocycles. The van der Waals surface area contributed by atoms with Gasteiger partial charge in [-0.25, -0.2) is 4.90 Å². The molecule has 4 atom stereocenters. The van der Waals surface area contributed by atoms with Gasteiger partial charge < -0.3 is 9.32 Å². The number of para-hydroxylation sites is 1. The SMILES string of the molecule is O=C(c1ccco1)[C@@H]1[C@H]2C(=O)N(c3ccc(Cl)cc3)C(=O)[C@@H]2[C@@H]2C=Cc3ccccc3N12. The molecule has 6 nitrogen and oxygen atoms in total. The zero-order valence-corrected chi connectivity index (χ0v) is 17.5. The fourth-order valence-corrected chi connectivity index (χ4v) is 5.35. The van der Waals surface area contributed by atoms with Crippen molar-refractivity contribution in [1.82, 2.24) is 0 Å². The molecule has 3 aromatic rings. The molecule has 32 heavy (non-hydrogen) atoms. The van der Waals surface area contributed by atoms with Crippen LogP contribution < -0.4 is 9.80 Å². The van der Waals surface area contributed by atoms with Crippen molar-refractivity contribution in [1.29, 1.82) is 0 Å². The molecule has 0 bridgehead atoms. The Morgan fingerprint density at radius 1 is 0.906 bits per heavy atom. The molecule has 3 aliphatic rings. The van der Waals surface area contributed by atoms with Gasteiger partial charge >= 0.3 is 0 Å². The lowest BCUT2D eigenvalue weighted by atomic mass is 9.87. The number of anilines is 2. The van der Waals surface area contributed by atoms with Gasteiger partial charge in [-0.05, 0) is 48.0 Å². The number of hydrogen-bond donors (Lipinski definition) is 0. The van der Waals surface area contributed by atoms with Crippen LogP contribution in [0, 0.1) is 11.8 Å². The Bertz CT molecular complexity index is 1280. The van der Waals surface area contributed by atoms with Crippen LogP contribution in [0.1, 0.15) is 16.1 Å². The van der Waals surface area contributed by atoms with Crippen LogP contribution in [0.4, 0.5) is 11.4 Å². The number of carbonyl (C=O) groups excluding carboxylic acids is 3. The van der Waals surface area contributed by atoms with Crippen molar-refractivity contribution in [2.24, 2.45) is 11.8 Å². The molecule has 3 aliphatic heterocycles. The molecule has 0 spiro atoms. The van der Waals surface area contributed by atoms with Crippen LogP contribution in [-0.4, -0.2) is 29.7 Å². The van der Waals surface area contributed by atoms with Crippen LogP contribution in [0.25, 0.3) is 6.08 Å². The number of carbonyl (C=O) groups is 3. The van der Waals surface area contributed by atoms with Crippen molar-refractivity contribution in [2.45, 2.75) is 12.1 Å². The summed E-state index contributed by atoms with van der Waals surface area (Å²) in [6, 6.07) is 16.2. The summed E-state index contributed by atoms with van der Waals surface area (Å²) >= 11 is 5.99. The Labute approximate surface area is 188 Å². The number of rotatable bonds is 3. The standard InChI is InChI=1S/C25H17ClN2O4/c26-15-8-10-16(11-9-15)27-24(30)20-18-12-7-14-4-1-2-5-17(14)28(18)22(21(20)25(27)31)23(29)19-6-3-13-32-19/h1-13,18,20-22H/t18-,20+,21-,22-/m0/s1. The van der Waals surface area contributed by atoms with E-state index < -0.39 is 23.9 Å². The van der Waals surface area contributed by atoms with Crippen LogP contribution >= 0.6 is 11.6 Å². The summed E-state index contributed by atoms with van der Waals surface area (Å²) in [5.41, 5.74) is 2.23. The first kappa shape index (κ1) is 19.1. The second kappa shape index (κ2) is 6.93. The van der Waals surface area contributed by atoms with Crippen molar-refractivity contribution < 1.29 is 18.8 Å². The molecular weight excluding hydrogens is 428 g/mol. The van der Waals surface area contributed by atoms with Gasteiger partial charge in [-0.3, -0.25) is 14.4 Å². The topological polar surface area (TPSA) is 70.8 Å². The molecule has 2 aromatic carbocycles. The summed E-state index contributed by atoms with van der Waals surface area (Å²) in [5, 5.41) is 0.511. The molecule has 0 N–H and O–H groups in total. The summed E-state index contributed by atoms with van der Waals surface area (Å²) in [6.07, 6.45) is 5.31. The quantitative estimate of drug-likeness (QED) is 0.447. The van der Waals surface area contributed by atoms with Crippen LogP contribution in [0.2, 0.25) is 5.02 Å². The van der Waals surface area contributed by atoms with Gasteiger partial charge in [0.1, 0.15) is 6.04 Å². The number of benzene rings is 2. The maximum Gasteiger partial charge on any atom is 0.240 e. The lowest BCUT2D eigenvalue weighted by molar-refractivity contribution is -0.122. The first-order valence-electron chi connectivity index (χ1n) is 10.3. The number of furan rings is 1. The Morgan fingerprint density at radius 2 is 1.66 bits per heavy atom. The van der Waals surface area contributed by atoms with E-state index in [-0.39, 0.29) is 23.4 Å². The number of amides is 2. The summed E-state index contributed by atoms with van der Waals surface area (Å²) in [5.74, 6) is -2.32. The van der Waals surface area contributed by atoms with Gasteiger partial charge in [0.05, 0.1) is 29.8 Å². The number of ketones is 1. The van der Waals surface area contributed by atoms with Gasteiger partial charge in [0.25, 0.3) is 0 Å². The molecule has 2 amide bonds. The average molecular weight is 445 g/mol. The zero-order chi connectivity index (χ0) is 22.0. The summed E-state index contributed by atoms with van der Waals surface area (Å²) in [6.45, 7) is 0. The van der Waals surface area contributed by atoms with Crippen molar-refractivity contribution in [3.8, 4) is 0 Å². The van der Waals surface area contributed by atoms with E-state index in [1.165, 1.54) is 11.2 Å². The molecule has 0 radical (unpaired) electrons. The Morgan fingerprint density at radius 3 is 2.41 bits per heavy atom. The highest BCUT2D eigenvalue weighted by molar-refractivity contribution is 6.31. The predicted octanol–water partition coefficient (Wildman–Crippen LogP) is 4.21. The van der Waals surface area contributed by atoms with Crippen molar-refractivity contribution in [2.75, 3.05) is 9.80 Å². The smallest absolute Gasteiger partial charge is 0.240 e. The van der Waals surface area contributed by atoms with Gasteiger partial charge in [-0.15, -0.1) is 0 Å². The lowest BCUT2D eigenvalue weighted by Crippen LogP contribution is -2.48. The van der Waals surface area contributed by atoms with Crippen molar-refractivity contribution >= 4 is 46.6 Å². The number of Topliss-reactive ketones (excluding diaryl/α,β-unsaturated/α-hetero) is 1. The molecule has 4 heterocycles. The van der Waals surface area contributed by atoms with Crippen molar-refractivity contribution in [3.63, 3.8) is 0 Å². The minimum absolute atomic E-state index is 0.173. The molecule has 6 rings (SSSR count). The highest BCUT2D eigenvalue weighted by Gasteiger charge is 2.64. The monoisotopic (exact) mass is 444 g/mol. The van der Waals surface area contributed by atoms with Crippen molar-refractivity contribution in [3.05, 3.63) is 89.3 Å². The van der Waals surface area contributed by atoms with Crippen LogP contribution in [0.3, 0.4) is 0 Å². The molecule has 0 saturated carbocycles. The number of imide groups is 1. The molecule has 7 heteroatoms. The molecule has 158 valence electrons. The number of halogens is 1. The third kappa shape index (κ3) is 2.56. The van der Waals surface area contributed by atoms with Crippen LogP contribution in [0.5, 0.6) is 0 Å². The highest BCUT2D eigenvalue weighted by atomic mass is 35.5. The summed E-state index contributed by atoms with van der Waals surface area (Å²) < 4.78 is 5.39. The third-order valence-electron chi connectivity index (χ3n) is 6.53. The lowest BCUT2D eigenvalue weighted by Gasteiger charge is -2.36. The number of hydrogen-bond acceptors (Lipinski definition) is 5. The second-order valence-corrected chi connectivity index (χ2v) is 8.58. The second-order valence-electron chi connectivity index (χ2n) is 8.14. The first-order chi connectivity index (χ1) is 15.6. The van der Waals surface area contributed by atoms with Gasteiger partial charge in [-0.1, -0.05) is 42.0 Å². The Balaban J connectivity index is 1.50. The van der Waals surface area contributed by atoms with Crippen LogP contribution in [-0.2, 0) is 9.59 Å². The Kier molecular flexibility index (Phi) is 4.13.